The summed E-state index contributed by atoms with van der Waals surface area (Å²) >= 11 is 0. The Morgan fingerprint density at radius 1 is 1.29 bits per heavy atom. The quantitative estimate of drug-likeness (QED) is 0.433. The molecule has 178 valence electrons. The zero-order chi connectivity index (χ0) is 24.3. The van der Waals surface area contributed by atoms with Crippen molar-refractivity contribution in [1.29, 1.82) is 0 Å². The van der Waals surface area contributed by atoms with Crippen LogP contribution in [-0.4, -0.2) is 56.6 Å². The molecule has 1 fully saturated rings. The van der Waals surface area contributed by atoms with Crippen LogP contribution in [0.15, 0.2) is 48.8 Å². The number of phenols is 1. The summed E-state index contributed by atoms with van der Waals surface area (Å²) in [4.78, 5) is 18.7. The van der Waals surface area contributed by atoms with Crippen LogP contribution in [0.1, 0.15) is 29.7 Å². The first-order valence-corrected chi connectivity index (χ1v) is 11.3. The third-order valence-electron chi connectivity index (χ3n) is 7.05. The van der Waals surface area contributed by atoms with E-state index in [1.807, 2.05) is 18.3 Å². The molecular weight excluding hydrogens is 451 g/mol. The van der Waals surface area contributed by atoms with Gasteiger partial charge in [0.15, 0.2) is 17.4 Å². The van der Waals surface area contributed by atoms with Crippen LogP contribution in [0.2, 0.25) is 0 Å². The molecule has 0 radical (unpaired) electrons. The Hall–Kier alpha value is -4.21. The van der Waals surface area contributed by atoms with Gasteiger partial charge >= 0.3 is 5.97 Å². The number of halogens is 1. The van der Waals surface area contributed by atoms with Crippen molar-refractivity contribution in [2.75, 3.05) is 30.4 Å². The molecule has 2 aliphatic heterocycles. The molecule has 0 spiro atoms. The summed E-state index contributed by atoms with van der Waals surface area (Å²) in [6, 6.07) is 10.1. The van der Waals surface area contributed by atoms with E-state index in [0.29, 0.717) is 35.7 Å². The summed E-state index contributed by atoms with van der Waals surface area (Å²) < 4.78 is 20.9. The van der Waals surface area contributed by atoms with Gasteiger partial charge in [0.25, 0.3) is 0 Å². The van der Waals surface area contributed by atoms with Crippen LogP contribution in [0.5, 0.6) is 5.75 Å². The highest BCUT2D eigenvalue weighted by atomic mass is 19.1. The van der Waals surface area contributed by atoms with E-state index in [0.717, 1.165) is 23.1 Å². The number of methoxy groups -OCH3 is 1. The molecule has 10 heteroatoms. The Bertz CT molecular complexity index is 1490. The number of benzene rings is 1. The smallest absolute Gasteiger partial charge is 0.339 e. The Morgan fingerprint density at radius 2 is 2.14 bits per heavy atom. The van der Waals surface area contributed by atoms with Gasteiger partial charge in [0.1, 0.15) is 5.65 Å². The standard InChI is InChI=1S/C25H23FN6O3/c1-25-10-16(31-7-6-14-8-15(24(34)35-2)11-27-23(14)31)12-32(25)20-9-19(29-30-22(20)28-13-25)17-4-3-5-18(26)21(17)33/h3-9,11,16,33H,10,12-13H2,1-2H3,(H,28,30)/t16-,25+/m1/s1. The van der Waals surface area contributed by atoms with Crippen molar-refractivity contribution < 1.29 is 19.0 Å². The third-order valence-corrected chi connectivity index (χ3v) is 7.05. The highest BCUT2D eigenvalue weighted by Gasteiger charge is 2.46. The number of pyridine rings is 1. The molecule has 0 saturated carbocycles. The van der Waals surface area contributed by atoms with E-state index in [-0.39, 0.29) is 11.6 Å². The molecule has 9 nitrogen and oxygen atoms in total. The number of aromatic hydroxyl groups is 1. The molecule has 1 saturated heterocycles. The van der Waals surface area contributed by atoms with Crippen LogP contribution >= 0.6 is 0 Å². The molecule has 1 aromatic carbocycles. The van der Waals surface area contributed by atoms with Crippen molar-refractivity contribution >= 4 is 28.5 Å². The van der Waals surface area contributed by atoms with E-state index in [2.05, 4.69) is 36.9 Å². The maximum absolute atomic E-state index is 14.0. The fourth-order valence-electron chi connectivity index (χ4n) is 5.27. The SMILES string of the molecule is COC(=O)c1cnc2c(ccn2[C@H]2CN3c4cc(-c5cccc(F)c5O)nnc4NC[C@]3(C)C2)c1. The van der Waals surface area contributed by atoms with Gasteiger partial charge in [0.05, 0.1) is 35.6 Å². The van der Waals surface area contributed by atoms with E-state index in [1.165, 1.54) is 19.2 Å². The Balaban J connectivity index is 1.36. The minimum absolute atomic E-state index is 0.126. The molecule has 2 atom stereocenters. The van der Waals surface area contributed by atoms with Crippen LogP contribution in [-0.2, 0) is 4.74 Å². The summed E-state index contributed by atoms with van der Waals surface area (Å²) in [5.74, 6) is -0.903. The second kappa shape index (κ2) is 7.66. The van der Waals surface area contributed by atoms with Gasteiger partial charge in [0.2, 0.25) is 0 Å². The van der Waals surface area contributed by atoms with Gasteiger partial charge in [-0.3, -0.25) is 0 Å². The number of carbonyl (C=O) groups is 1. The number of nitrogens with zero attached hydrogens (tertiary/aromatic N) is 5. The largest absolute Gasteiger partial charge is 0.504 e. The van der Waals surface area contributed by atoms with Gasteiger partial charge in [-0.25, -0.2) is 14.2 Å². The normalized spacial score (nSPS) is 20.9. The third kappa shape index (κ3) is 3.28. The number of para-hydroxylation sites is 1. The molecule has 6 rings (SSSR count). The first-order valence-electron chi connectivity index (χ1n) is 11.3. The Morgan fingerprint density at radius 3 is 2.97 bits per heavy atom. The van der Waals surface area contributed by atoms with Crippen molar-refractivity contribution in [3.05, 3.63) is 60.2 Å². The fourth-order valence-corrected chi connectivity index (χ4v) is 5.27. The molecule has 2 N–H and O–H groups in total. The highest BCUT2D eigenvalue weighted by molar-refractivity contribution is 5.93. The topological polar surface area (TPSA) is 105 Å². The zero-order valence-electron chi connectivity index (χ0n) is 19.2. The number of rotatable bonds is 3. The first kappa shape index (κ1) is 21.3. The maximum Gasteiger partial charge on any atom is 0.339 e. The fraction of sp³-hybridized carbons (Fsp3) is 0.280. The van der Waals surface area contributed by atoms with Crippen LogP contribution in [0.4, 0.5) is 15.9 Å². The van der Waals surface area contributed by atoms with E-state index in [1.54, 1.807) is 18.3 Å². The van der Waals surface area contributed by atoms with Gasteiger partial charge < -0.3 is 24.6 Å². The van der Waals surface area contributed by atoms with E-state index in [9.17, 15) is 14.3 Å². The predicted octanol–water partition coefficient (Wildman–Crippen LogP) is 3.76. The van der Waals surface area contributed by atoms with Crippen LogP contribution in [0.3, 0.4) is 0 Å². The highest BCUT2D eigenvalue weighted by Crippen LogP contribution is 2.46. The number of carbonyl (C=O) groups excluding carboxylic acids is 1. The first-order chi connectivity index (χ1) is 16.9. The van der Waals surface area contributed by atoms with Gasteiger partial charge in [-0.05, 0) is 43.7 Å². The molecule has 3 aromatic heterocycles. The molecule has 0 unspecified atom stereocenters. The number of phenolic OH excluding ortho intramolecular Hbond substituents is 1. The lowest BCUT2D eigenvalue weighted by atomic mass is 9.95. The molecule has 5 heterocycles. The van der Waals surface area contributed by atoms with Crippen molar-refractivity contribution in [2.24, 2.45) is 0 Å². The number of fused-ring (bicyclic) bond motifs is 4. The maximum atomic E-state index is 14.0. The van der Waals surface area contributed by atoms with Crippen LogP contribution < -0.4 is 10.2 Å². The monoisotopic (exact) mass is 474 g/mol. The minimum Gasteiger partial charge on any atom is -0.504 e. The number of ether oxygens (including phenoxy) is 1. The average Bonchev–Trinajstić information content (AvgIpc) is 3.45. The Kier molecular flexibility index (Phi) is 4.67. The number of hydrogen-bond donors (Lipinski definition) is 2. The van der Waals surface area contributed by atoms with Crippen LogP contribution in [0.25, 0.3) is 22.3 Å². The van der Waals surface area contributed by atoms with Gasteiger partial charge in [0, 0.05) is 36.4 Å². The van der Waals surface area contributed by atoms with E-state index < -0.39 is 17.5 Å². The van der Waals surface area contributed by atoms with Gasteiger partial charge in [-0.15, -0.1) is 10.2 Å². The summed E-state index contributed by atoms with van der Waals surface area (Å²) in [6.45, 7) is 3.59. The van der Waals surface area contributed by atoms with Crippen molar-refractivity contribution in [3.63, 3.8) is 0 Å². The average molecular weight is 474 g/mol. The molecule has 2 aliphatic rings. The molecule has 4 aromatic rings. The van der Waals surface area contributed by atoms with Crippen LogP contribution in [0, 0.1) is 5.82 Å². The number of aromatic nitrogens is 4. The summed E-state index contributed by atoms with van der Waals surface area (Å²) in [6.07, 6.45) is 4.39. The molecule has 0 aliphatic carbocycles. The summed E-state index contributed by atoms with van der Waals surface area (Å²) in [7, 11) is 1.35. The Labute approximate surface area is 200 Å². The summed E-state index contributed by atoms with van der Waals surface area (Å²) in [5, 5.41) is 23.0. The van der Waals surface area contributed by atoms with Crippen molar-refractivity contribution in [3.8, 4) is 17.0 Å². The molecule has 0 bridgehead atoms. The molecule has 35 heavy (non-hydrogen) atoms. The predicted molar refractivity (Wildman–Crippen MR) is 128 cm³/mol. The van der Waals surface area contributed by atoms with E-state index in [4.69, 9.17) is 4.74 Å². The molecule has 0 amide bonds. The van der Waals surface area contributed by atoms with Crippen molar-refractivity contribution in [1.82, 2.24) is 19.7 Å². The number of esters is 1. The van der Waals surface area contributed by atoms with Gasteiger partial charge in [-0.2, -0.15) is 0 Å². The minimum atomic E-state index is -0.700. The number of nitrogens with one attached hydrogen (secondary N) is 1. The zero-order valence-corrected chi connectivity index (χ0v) is 19.2. The van der Waals surface area contributed by atoms with Gasteiger partial charge in [-0.1, -0.05) is 6.07 Å². The number of anilines is 2. The summed E-state index contributed by atoms with van der Waals surface area (Å²) in [5.41, 5.74) is 2.57. The van der Waals surface area contributed by atoms with Crippen molar-refractivity contribution in [2.45, 2.75) is 24.9 Å². The second-order valence-corrected chi connectivity index (χ2v) is 9.27. The van der Waals surface area contributed by atoms with E-state index >= 15 is 0 Å². The molecular formula is C25H23FN6O3. The second-order valence-electron chi connectivity index (χ2n) is 9.27. The lowest BCUT2D eigenvalue weighted by Gasteiger charge is -2.41. The lowest BCUT2D eigenvalue weighted by molar-refractivity contribution is 0.0600. The number of hydrogen-bond acceptors (Lipinski definition) is 8. The lowest BCUT2D eigenvalue weighted by Crippen LogP contribution is -2.50.